The number of ether oxygens (including phenoxy) is 1. The van der Waals surface area contributed by atoms with Crippen molar-refractivity contribution in [2.75, 3.05) is 7.11 Å². The number of benzene rings is 1. The number of imidazole rings is 1. The third-order valence-corrected chi connectivity index (χ3v) is 3.13. The Morgan fingerprint density at radius 1 is 1.21 bits per heavy atom. The highest BCUT2D eigenvalue weighted by Gasteiger charge is 2.08. The first-order valence-electron chi connectivity index (χ1n) is 6.05. The third-order valence-electron chi connectivity index (χ3n) is 3.13. The molecule has 0 bridgehead atoms. The highest BCUT2D eigenvalue weighted by atomic mass is 16.5. The zero-order valence-corrected chi connectivity index (χ0v) is 10.6. The Bertz CT molecular complexity index is 719. The maximum absolute atomic E-state index is 9.57. The van der Waals surface area contributed by atoms with E-state index in [1.807, 2.05) is 34.7 Å². The van der Waals surface area contributed by atoms with Crippen molar-refractivity contribution in [2.45, 2.75) is 6.42 Å². The average Bonchev–Trinajstić information content (AvgIpc) is 2.82. The lowest BCUT2D eigenvalue weighted by atomic mass is 10.1. The van der Waals surface area contributed by atoms with Gasteiger partial charge in [-0.25, -0.2) is 4.98 Å². The van der Waals surface area contributed by atoms with Crippen LogP contribution in [0.15, 0.2) is 48.8 Å². The first kappa shape index (κ1) is 11.6. The minimum atomic E-state index is 0.228. The summed E-state index contributed by atoms with van der Waals surface area (Å²) in [5.41, 5.74) is 2.03. The third kappa shape index (κ3) is 2.12. The van der Waals surface area contributed by atoms with E-state index in [1.54, 1.807) is 25.6 Å². The number of para-hydroxylation sites is 1. The average molecular weight is 254 g/mol. The Hall–Kier alpha value is -2.49. The summed E-state index contributed by atoms with van der Waals surface area (Å²) < 4.78 is 7.23. The molecule has 0 saturated carbocycles. The predicted molar refractivity (Wildman–Crippen MR) is 72.7 cm³/mol. The topological polar surface area (TPSA) is 46.8 Å². The maximum Gasteiger partial charge on any atom is 0.132 e. The van der Waals surface area contributed by atoms with Gasteiger partial charge in [0.15, 0.2) is 0 Å². The van der Waals surface area contributed by atoms with Crippen molar-refractivity contribution in [3.05, 3.63) is 60.2 Å². The van der Waals surface area contributed by atoms with Gasteiger partial charge in [0.2, 0.25) is 0 Å². The molecular weight excluding hydrogens is 240 g/mol. The highest BCUT2D eigenvalue weighted by Crippen LogP contribution is 2.22. The Kier molecular flexibility index (Phi) is 2.83. The Morgan fingerprint density at radius 2 is 2.05 bits per heavy atom. The van der Waals surface area contributed by atoms with Crippen LogP contribution in [0.5, 0.6) is 11.5 Å². The van der Waals surface area contributed by atoms with E-state index in [4.69, 9.17) is 4.74 Å². The summed E-state index contributed by atoms with van der Waals surface area (Å²) in [4.78, 5) is 4.40. The summed E-state index contributed by atoms with van der Waals surface area (Å²) in [5, 5.41) is 9.57. The van der Waals surface area contributed by atoms with Crippen molar-refractivity contribution in [1.29, 1.82) is 0 Å². The molecule has 0 radical (unpaired) electrons. The maximum atomic E-state index is 9.57. The first-order chi connectivity index (χ1) is 9.28. The Balaban J connectivity index is 2.03. The number of hydrogen-bond acceptors (Lipinski definition) is 3. The van der Waals surface area contributed by atoms with Crippen molar-refractivity contribution >= 4 is 5.52 Å². The molecule has 3 rings (SSSR count). The van der Waals surface area contributed by atoms with Gasteiger partial charge in [-0.15, -0.1) is 0 Å². The van der Waals surface area contributed by atoms with E-state index in [-0.39, 0.29) is 5.75 Å². The summed E-state index contributed by atoms with van der Waals surface area (Å²) in [5.74, 6) is 1.95. The molecule has 0 amide bonds. The number of fused-ring (bicyclic) bond motifs is 1. The van der Waals surface area contributed by atoms with Gasteiger partial charge in [-0.2, -0.15) is 0 Å². The quantitative estimate of drug-likeness (QED) is 0.781. The first-order valence-corrected chi connectivity index (χ1v) is 6.05. The van der Waals surface area contributed by atoms with Gasteiger partial charge >= 0.3 is 0 Å². The zero-order chi connectivity index (χ0) is 13.2. The number of rotatable bonds is 3. The molecule has 4 heteroatoms. The molecule has 0 unspecified atom stereocenters. The summed E-state index contributed by atoms with van der Waals surface area (Å²) in [6, 6.07) is 11.4. The van der Waals surface area contributed by atoms with Crippen LogP contribution in [-0.2, 0) is 6.42 Å². The van der Waals surface area contributed by atoms with Crippen molar-refractivity contribution in [1.82, 2.24) is 9.38 Å². The monoisotopic (exact) mass is 254 g/mol. The van der Waals surface area contributed by atoms with Crippen LogP contribution in [0.1, 0.15) is 11.4 Å². The Labute approximate surface area is 110 Å². The fraction of sp³-hybridized carbons (Fsp3) is 0.133. The van der Waals surface area contributed by atoms with Crippen LogP contribution in [0.4, 0.5) is 0 Å². The van der Waals surface area contributed by atoms with E-state index >= 15 is 0 Å². The fourth-order valence-corrected chi connectivity index (χ4v) is 2.18. The van der Waals surface area contributed by atoms with Gasteiger partial charge < -0.3 is 9.84 Å². The number of pyridine rings is 1. The molecule has 2 aromatic heterocycles. The molecule has 96 valence electrons. The lowest BCUT2D eigenvalue weighted by Crippen LogP contribution is -1.98. The van der Waals surface area contributed by atoms with Crippen LogP contribution in [0, 0.1) is 0 Å². The lowest BCUT2D eigenvalue weighted by Gasteiger charge is -2.07. The van der Waals surface area contributed by atoms with Crippen molar-refractivity contribution in [2.24, 2.45) is 0 Å². The van der Waals surface area contributed by atoms with E-state index in [2.05, 4.69) is 4.98 Å². The summed E-state index contributed by atoms with van der Waals surface area (Å²) >= 11 is 0. The summed E-state index contributed by atoms with van der Waals surface area (Å²) in [6.07, 6.45) is 4.12. The zero-order valence-electron chi connectivity index (χ0n) is 10.6. The normalized spacial score (nSPS) is 10.8. The second kappa shape index (κ2) is 4.65. The van der Waals surface area contributed by atoms with Gasteiger partial charge in [0.1, 0.15) is 17.3 Å². The molecule has 1 aromatic carbocycles. The second-order valence-corrected chi connectivity index (χ2v) is 4.35. The highest BCUT2D eigenvalue weighted by molar-refractivity contribution is 5.49. The molecule has 2 heterocycles. The van der Waals surface area contributed by atoms with Crippen LogP contribution in [0.2, 0.25) is 0 Å². The molecule has 0 aliphatic rings. The van der Waals surface area contributed by atoms with Crippen molar-refractivity contribution in [3.8, 4) is 11.5 Å². The molecule has 0 aliphatic heterocycles. The molecule has 0 saturated heterocycles. The number of aromatic hydroxyl groups is 1. The standard InChI is InChI=1S/C15H14N2O2/c1-19-14-5-3-2-4-11(14)8-15-16-9-12-6-7-13(18)10-17(12)15/h2-7,9-10,18H,8H2,1H3. The van der Waals surface area contributed by atoms with Gasteiger partial charge in [-0.05, 0) is 18.2 Å². The van der Waals surface area contributed by atoms with E-state index in [9.17, 15) is 5.11 Å². The predicted octanol–water partition coefficient (Wildman–Crippen LogP) is 2.64. The van der Waals surface area contributed by atoms with Crippen LogP contribution >= 0.6 is 0 Å². The van der Waals surface area contributed by atoms with Crippen LogP contribution < -0.4 is 4.74 Å². The molecule has 0 atom stereocenters. The smallest absolute Gasteiger partial charge is 0.132 e. The van der Waals surface area contributed by atoms with Gasteiger partial charge in [-0.1, -0.05) is 18.2 Å². The SMILES string of the molecule is COc1ccccc1Cc1ncc2ccc(O)cn12. The fourth-order valence-electron chi connectivity index (χ4n) is 2.18. The number of nitrogens with zero attached hydrogens (tertiary/aromatic N) is 2. The molecule has 0 aliphatic carbocycles. The van der Waals surface area contributed by atoms with Crippen molar-refractivity contribution < 1.29 is 9.84 Å². The van der Waals surface area contributed by atoms with Crippen molar-refractivity contribution in [3.63, 3.8) is 0 Å². The number of aromatic nitrogens is 2. The molecule has 0 fully saturated rings. The van der Waals surface area contributed by atoms with Crippen LogP contribution in [0.3, 0.4) is 0 Å². The van der Waals surface area contributed by atoms with Gasteiger partial charge in [0, 0.05) is 12.0 Å². The summed E-state index contributed by atoms with van der Waals surface area (Å²) in [7, 11) is 1.66. The van der Waals surface area contributed by atoms with E-state index < -0.39 is 0 Å². The van der Waals surface area contributed by atoms with Crippen LogP contribution in [0.25, 0.3) is 5.52 Å². The van der Waals surface area contributed by atoms with Gasteiger partial charge in [0.25, 0.3) is 0 Å². The van der Waals surface area contributed by atoms with Gasteiger partial charge in [0.05, 0.1) is 25.0 Å². The minimum Gasteiger partial charge on any atom is -0.506 e. The summed E-state index contributed by atoms with van der Waals surface area (Å²) in [6.45, 7) is 0. The molecule has 1 N–H and O–H groups in total. The van der Waals surface area contributed by atoms with Crippen LogP contribution in [-0.4, -0.2) is 21.6 Å². The Morgan fingerprint density at radius 3 is 2.89 bits per heavy atom. The van der Waals surface area contributed by atoms with E-state index in [0.717, 1.165) is 22.7 Å². The molecule has 19 heavy (non-hydrogen) atoms. The largest absolute Gasteiger partial charge is 0.506 e. The van der Waals surface area contributed by atoms with Gasteiger partial charge in [-0.3, -0.25) is 4.40 Å². The minimum absolute atomic E-state index is 0.228. The molecular formula is C15H14N2O2. The molecule has 3 aromatic rings. The van der Waals surface area contributed by atoms with E-state index in [1.165, 1.54) is 0 Å². The number of methoxy groups -OCH3 is 1. The van der Waals surface area contributed by atoms with E-state index in [0.29, 0.717) is 6.42 Å². The number of hydrogen-bond donors (Lipinski definition) is 1. The second-order valence-electron chi connectivity index (χ2n) is 4.35. The molecule has 0 spiro atoms. The lowest BCUT2D eigenvalue weighted by molar-refractivity contribution is 0.410. The molecule has 4 nitrogen and oxygen atoms in total.